The molecule has 3 heterocycles. The smallest absolute Gasteiger partial charge is 0.298 e. The average molecular weight is 216 g/mol. The van der Waals surface area contributed by atoms with Crippen LogP contribution in [0.25, 0.3) is 0 Å². The van der Waals surface area contributed by atoms with Gasteiger partial charge in [-0.1, -0.05) is 0 Å². The van der Waals surface area contributed by atoms with Crippen molar-refractivity contribution in [1.29, 1.82) is 0 Å². The maximum absolute atomic E-state index is 11.3. The van der Waals surface area contributed by atoms with Crippen LogP contribution in [0.4, 0.5) is 5.69 Å². The Hall–Kier alpha value is -2.37. The first-order valence-corrected chi connectivity index (χ1v) is 4.80. The Balaban J connectivity index is 1.90. The first-order chi connectivity index (χ1) is 7.74. The maximum Gasteiger partial charge on any atom is 0.298 e. The number of nitrogens with zero attached hydrogens (tertiary/aromatic N) is 1. The second kappa shape index (κ2) is 3.06. The second-order valence-corrected chi connectivity index (χ2v) is 3.63. The fourth-order valence-corrected chi connectivity index (χ4v) is 1.76. The van der Waals surface area contributed by atoms with Crippen molar-refractivity contribution < 1.29 is 9.59 Å². The largest absolute Gasteiger partial charge is 0.353 e. The Bertz CT molecular complexity index is 568. The van der Waals surface area contributed by atoms with E-state index >= 15 is 0 Å². The molecule has 0 bridgehead atoms. The topological polar surface area (TPSA) is 90.6 Å². The van der Waals surface area contributed by atoms with Gasteiger partial charge in [-0.2, -0.15) is 5.10 Å². The third-order valence-electron chi connectivity index (χ3n) is 2.49. The Morgan fingerprint density at radius 2 is 2.12 bits per heavy atom. The van der Waals surface area contributed by atoms with Gasteiger partial charge in [-0.3, -0.25) is 14.7 Å². The number of nitrogens with one attached hydrogen (secondary N) is 3. The van der Waals surface area contributed by atoms with Crippen molar-refractivity contribution in [2.24, 2.45) is 0 Å². The van der Waals surface area contributed by atoms with Crippen LogP contribution >= 0.6 is 0 Å². The van der Waals surface area contributed by atoms with Crippen LogP contribution in [0, 0.1) is 0 Å². The Morgan fingerprint density at radius 3 is 2.81 bits per heavy atom. The lowest BCUT2D eigenvalue weighted by Crippen LogP contribution is -2.14. The predicted octanol–water partition coefficient (Wildman–Crippen LogP) is 0.463. The number of anilines is 1. The first-order valence-electron chi connectivity index (χ1n) is 4.80. The number of carbonyl (C=O) groups excluding carboxylic acids is 2. The van der Waals surface area contributed by atoms with E-state index in [-0.39, 0.29) is 0 Å². The van der Waals surface area contributed by atoms with E-state index in [1.165, 1.54) is 0 Å². The summed E-state index contributed by atoms with van der Waals surface area (Å²) in [4.78, 5) is 25.3. The maximum atomic E-state index is 11.3. The molecule has 0 saturated heterocycles. The van der Waals surface area contributed by atoms with Gasteiger partial charge in [-0.15, -0.1) is 0 Å². The van der Waals surface area contributed by atoms with Crippen molar-refractivity contribution >= 4 is 17.4 Å². The number of amides is 1. The van der Waals surface area contributed by atoms with Crippen LogP contribution in [0.15, 0.2) is 18.3 Å². The van der Waals surface area contributed by atoms with E-state index in [0.29, 0.717) is 17.8 Å². The van der Waals surface area contributed by atoms with Crippen LogP contribution in [-0.4, -0.2) is 26.9 Å². The lowest BCUT2D eigenvalue weighted by atomic mass is 10.2. The molecule has 0 radical (unpaired) electrons. The zero-order valence-electron chi connectivity index (χ0n) is 8.20. The lowest BCUT2D eigenvalue weighted by Gasteiger charge is -1.94. The summed E-state index contributed by atoms with van der Waals surface area (Å²) in [6.45, 7) is 0. The zero-order valence-corrected chi connectivity index (χ0v) is 8.20. The van der Waals surface area contributed by atoms with Crippen LogP contribution in [0.2, 0.25) is 0 Å². The van der Waals surface area contributed by atoms with Gasteiger partial charge in [0.25, 0.3) is 11.7 Å². The minimum absolute atomic E-state index is 0.347. The summed E-state index contributed by atoms with van der Waals surface area (Å²) in [6.07, 6.45) is 2.29. The molecule has 1 aliphatic heterocycles. The number of H-pyrrole nitrogens is 2. The number of carbonyl (C=O) groups is 2. The molecule has 0 saturated carbocycles. The number of hydrogen-bond acceptors (Lipinski definition) is 3. The van der Waals surface area contributed by atoms with Crippen LogP contribution in [0.3, 0.4) is 0 Å². The summed E-state index contributed by atoms with van der Waals surface area (Å²) in [5.74, 6) is -1.08. The van der Waals surface area contributed by atoms with Crippen LogP contribution in [0.1, 0.15) is 21.9 Å². The molecule has 6 nitrogen and oxygen atoms in total. The van der Waals surface area contributed by atoms with E-state index in [4.69, 9.17) is 0 Å². The molecule has 3 N–H and O–H groups in total. The number of Topliss-reactive ketones (excluding diaryl/α,β-unsaturated/α-hetero) is 1. The second-order valence-electron chi connectivity index (χ2n) is 3.63. The molecule has 1 aliphatic rings. The summed E-state index contributed by atoms with van der Waals surface area (Å²) >= 11 is 0. The quantitative estimate of drug-likeness (QED) is 0.637. The molecule has 0 atom stereocenters. The van der Waals surface area contributed by atoms with E-state index in [0.717, 1.165) is 11.4 Å². The number of ketones is 1. The highest BCUT2D eigenvalue weighted by atomic mass is 16.2. The molecule has 1 amide bonds. The minimum atomic E-state index is -0.575. The molecule has 0 aromatic carbocycles. The normalized spacial score (nSPS) is 14.0. The number of fused-ring (bicyclic) bond motifs is 1. The van der Waals surface area contributed by atoms with Gasteiger partial charge in [-0.05, 0) is 12.1 Å². The summed E-state index contributed by atoms with van der Waals surface area (Å²) in [5, 5.41) is 9.16. The van der Waals surface area contributed by atoms with Gasteiger partial charge in [0.05, 0.1) is 5.69 Å². The van der Waals surface area contributed by atoms with E-state index in [1.54, 1.807) is 12.3 Å². The van der Waals surface area contributed by atoms with E-state index < -0.39 is 11.7 Å². The van der Waals surface area contributed by atoms with Gasteiger partial charge in [0.15, 0.2) is 0 Å². The number of aromatic amines is 2. The third kappa shape index (κ3) is 1.23. The SMILES string of the molecule is O=C1Nc2cc(Cc3ccn[nH]3)[nH]c2C1=O. The molecule has 80 valence electrons. The Kier molecular flexibility index (Phi) is 1.70. The van der Waals surface area contributed by atoms with Crippen molar-refractivity contribution in [1.82, 2.24) is 15.2 Å². The molecular weight excluding hydrogens is 208 g/mol. The molecule has 3 rings (SSSR count). The molecule has 0 fully saturated rings. The minimum Gasteiger partial charge on any atom is -0.353 e. The summed E-state index contributed by atoms with van der Waals surface area (Å²) in [5.41, 5.74) is 2.71. The highest BCUT2D eigenvalue weighted by molar-refractivity contribution is 6.51. The van der Waals surface area contributed by atoms with Gasteiger partial charge in [0, 0.05) is 24.0 Å². The summed E-state index contributed by atoms with van der Waals surface area (Å²) in [7, 11) is 0. The molecule has 0 spiro atoms. The molecule has 2 aromatic heterocycles. The van der Waals surface area contributed by atoms with Gasteiger partial charge < -0.3 is 10.3 Å². The average Bonchev–Trinajstić information content (AvgIpc) is 2.91. The summed E-state index contributed by atoms with van der Waals surface area (Å²) in [6, 6.07) is 3.62. The van der Waals surface area contributed by atoms with E-state index in [1.807, 2.05) is 6.07 Å². The molecule has 0 unspecified atom stereocenters. The molecule has 0 aliphatic carbocycles. The monoisotopic (exact) mass is 216 g/mol. The third-order valence-corrected chi connectivity index (χ3v) is 2.49. The molecule has 16 heavy (non-hydrogen) atoms. The lowest BCUT2D eigenvalue weighted by molar-refractivity contribution is -0.112. The van der Waals surface area contributed by atoms with Gasteiger partial charge in [0.2, 0.25) is 0 Å². The van der Waals surface area contributed by atoms with Gasteiger partial charge >= 0.3 is 0 Å². The van der Waals surface area contributed by atoms with Crippen molar-refractivity contribution in [3.05, 3.63) is 35.4 Å². The van der Waals surface area contributed by atoms with Crippen LogP contribution in [-0.2, 0) is 11.2 Å². The Labute approximate surface area is 90.1 Å². The standard InChI is InChI=1S/C10H8N4O2/c15-9-8-7(13-10(9)16)4-6(12-8)3-5-1-2-11-14-5/h1-2,4,12H,3H2,(H,11,14)(H,13,15,16). The first kappa shape index (κ1) is 8.90. The highest BCUT2D eigenvalue weighted by Crippen LogP contribution is 2.24. The fourth-order valence-electron chi connectivity index (χ4n) is 1.76. The van der Waals surface area contributed by atoms with Crippen LogP contribution < -0.4 is 5.32 Å². The van der Waals surface area contributed by atoms with E-state index in [2.05, 4.69) is 20.5 Å². The van der Waals surface area contributed by atoms with Crippen molar-refractivity contribution in [2.45, 2.75) is 6.42 Å². The number of rotatable bonds is 2. The van der Waals surface area contributed by atoms with Crippen LogP contribution in [0.5, 0.6) is 0 Å². The van der Waals surface area contributed by atoms with Gasteiger partial charge in [0.1, 0.15) is 5.69 Å². The fraction of sp³-hybridized carbons (Fsp3) is 0.100. The van der Waals surface area contributed by atoms with Crippen molar-refractivity contribution in [2.75, 3.05) is 5.32 Å². The van der Waals surface area contributed by atoms with Crippen molar-refractivity contribution in [3.63, 3.8) is 0 Å². The number of aromatic nitrogens is 3. The highest BCUT2D eigenvalue weighted by Gasteiger charge is 2.30. The number of hydrogen-bond donors (Lipinski definition) is 3. The van der Waals surface area contributed by atoms with E-state index in [9.17, 15) is 9.59 Å². The molecular formula is C10H8N4O2. The molecule has 6 heteroatoms. The molecule has 2 aromatic rings. The summed E-state index contributed by atoms with van der Waals surface area (Å²) < 4.78 is 0. The zero-order chi connectivity index (χ0) is 11.1. The van der Waals surface area contributed by atoms with Gasteiger partial charge in [-0.25, -0.2) is 0 Å². The predicted molar refractivity (Wildman–Crippen MR) is 55.1 cm³/mol. The van der Waals surface area contributed by atoms with Crippen molar-refractivity contribution in [3.8, 4) is 0 Å². The Morgan fingerprint density at radius 1 is 1.25 bits per heavy atom.